The molecule has 3 atom stereocenters. The number of halogens is 3. The van der Waals surface area contributed by atoms with E-state index in [2.05, 4.69) is 81.7 Å². The van der Waals surface area contributed by atoms with Crippen LogP contribution in [-0.2, 0) is 9.16 Å². The maximum absolute atomic E-state index is 11.0. The number of benzene rings is 2. The van der Waals surface area contributed by atoms with Crippen LogP contribution in [0.1, 0.15) is 44.1 Å². The van der Waals surface area contributed by atoms with E-state index in [9.17, 15) is 25.5 Å². The second kappa shape index (κ2) is 10.4. The molecule has 0 bridgehead atoms. The van der Waals surface area contributed by atoms with E-state index in [0.29, 0.717) is 10.0 Å². The van der Waals surface area contributed by atoms with Crippen molar-refractivity contribution >= 4 is 56.1 Å². The fraction of sp³-hybridized carbons (Fsp3) is 0.478. The topological polar surface area (TPSA) is 129 Å². The second-order valence-electron chi connectivity index (χ2n) is 9.83. The van der Waals surface area contributed by atoms with Crippen molar-refractivity contribution in [3.63, 3.8) is 0 Å². The molecule has 3 unspecified atom stereocenters. The van der Waals surface area contributed by atoms with E-state index in [0.717, 1.165) is 0 Å². The fourth-order valence-corrected chi connectivity index (χ4v) is 6.60. The van der Waals surface area contributed by atoms with E-state index >= 15 is 0 Å². The number of aliphatic hydroxyl groups is 1. The van der Waals surface area contributed by atoms with Gasteiger partial charge in [-0.3, -0.25) is 0 Å². The lowest BCUT2D eigenvalue weighted by atomic mass is 9.91. The quantitative estimate of drug-likeness (QED) is 0.174. The first-order valence-corrected chi connectivity index (χ1v) is 16.1. The lowest BCUT2D eigenvalue weighted by molar-refractivity contribution is -0.102. The minimum Gasteiger partial charge on any atom is -0.506 e. The summed E-state index contributed by atoms with van der Waals surface area (Å²) in [4.78, 5) is 0. The summed E-state index contributed by atoms with van der Waals surface area (Å²) in [6.45, 7) is 10.1. The molecule has 0 aliphatic carbocycles. The van der Waals surface area contributed by atoms with Crippen molar-refractivity contribution in [1.29, 1.82) is 0 Å². The van der Waals surface area contributed by atoms with Crippen LogP contribution >= 0.6 is 47.8 Å². The lowest BCUT2D eigenvalue weighted by Crippen LogP contribution is -2.49. The summed E-state index contributed by atoms with van der Waals surface area (Å²) >= 11 is 10.0. The van der Waals surface area contributed by atoms with Crippen molar-refractivity contribution in [3.05, 3.63) is 36.7 Å². The van der Waals surface area contributed by atoms with Crippen LogP contribution in [0.5, 0.6) is 28.7 Å². The molecular weight excluding hydrogens is 672 g/mol. The van der Waals surface area contributed by atoms with Gasteiger partial charge in [-0.05, 0) is 62.1 Å². The first kappa shape index (κ1) is 28.5. The molecule has 194 valence electrons. The summed E-state index contributed by atoms with van der Waals surface area (Å²) in [6.07, 6.45) is -2.64. The molecule has 0 saturated heterocycles. The molecule has 2 aromatic rings. The Morgan fingerprint density at radius 3 is 2.14 bits per heavy atom. The molecule has 0 fully saturated rings. The van der Waals surface area contributed by atoms with E-state index < -0.39 is 26.6 Å². The molecule has 2 aromatic carbocycles. The highest BCUT2D eigenvalue weighted by Gasteiger charge is 2.50. The Bertz CT molecular complexity index is 1120. The van der Waals surface area contributed by atoms with Crippen LogP contribution in [0, 0.1) is 0 Å². The van der Waals surface area contributed by atoms with Crippen molar-refractivity contribution < 1.29 is 39.4 Å². The third-order valence-electron chi connectivity index (χ3n) is 6.47. The van der Waals surface area contributed by atoms with E-state index in [1.165, 1.54) is 12.1 Å². The van der Waals surface area contributed by atoms with Crippen molar-refractivity contribution in [1.82, 2.24) is 0 Å². The predicted molar refractivity (Wildman–Crippen MR) is 144 cm³/mol. The summed E-state index contributed by atoms with van der Waals surface area (Å²) in [5.41, 5.74) is 0.704. The number of aromatic hydroxyl groups is 4. The van der Waals surface area contributed by atoms with Gasteiger partial charge in [0.25, 0.3) is 0 Å². The Kier molecular flexibility index (Phi) is 8.47. The van der Waals surface area contributed by atoms with Gasteiger partial charge < -0.3 is 39.4 Å². The van der Waals surface area contributed by atoms with Gasteiger partial charge in [-0.1, -0.05) is 36.7 Å². The predicted octanol–water partition coefficient (Wildman–Crippen LogP) is 6.37. The highest BCUT2D eigenvalue weighted by molar-refractivity contribution is 9.11. The molecule has 3 rings (SSSR count). The van der Waals surface area contributed by atoms with E-state index in [1.807, 2.05) is 0 Å². The van der Waals surface area contributed by atoms with Gasteiger partial charge in [-0.15, -0.1) is 0 Å². The fourth-order valence-electron chi connectivity index (χ4n) is 3.58. The molecule has 35 heavy (non-hydrogen) atoms. The molecule has 1 aliphatic rings. The van der Waals surface area contributed by atoms with Crippen molar-refractivity contribution in [2.45, 2.75) is 57.2 Å². The second-order valence-corrected chi connectivity index (χ2v) is 17.0. The van der Waals surface area contributed by atoms with Gasteiger partial charge in [0, 0.05) is 10.0 Å². The maximum atomic E-state index is 11.0. The summed E-state index contributed by atoms with van der Waals surface area (Å²) in [5.74, 6) is -1.08. The van der Waals surface area contributed by atoms with E-state index in [4.69, 9.17) is 13.9 Å². The van der Waals surface area contributed by atoms with Crippen molar-refractivity contribution in [2.24, 2.45) is 0 Å². The Morgan fingerprint density at radius 1 is 0.971 bits per heavy atom. The minimum atomic E-state index is -2.47. The zero-order valence-electron chi connectivity index (χ0n) is 19.9. The zero-order chi connectivity index (χ0) is 26.5. The van der Waals surface area contributed by atoms with E-state index in [-0.39, 0.29) is 61.5 Å². The molecule has 1 heterocycles. The summed E-state index contributed by atoms with van der Waals surface area (Å²) in [5, 5.41) is 51.1. The minimum absolute atomic E-state index is 0.0499. The average molecular weight is 701 g/mol. The number of rotatable bonds is 6. The molecule has 0 spiro atoms. The number of hydrogen-bond acceptors (Lipinski definition) is 8. The van der Waals surface area contributed by atoms with Crippen molar-refractivity contribution in [3.8, 4) is 28.7 Å². The van der Waals surface area contributed by atoms with Gasteiger partial charge in [-0.2, -0.15) is 0 Å². The SMILES string of the molecule is CC(C)(C)[Si](C)(C)OC1C(c2cc(O)c(O)cc2Br)Oc2c(Br)c(O)c(Br)c(O)c2C1OCCO. The van der Waals surface area contributed by atoms with Gasteiger partial charge in [0.2, 0.25) is 0 Å². The Morgan fingerprint density at radius 2 is 1.57 bits per heavy atom. The van der Waals surface area contributed by atoms with Crippen LogP contribution in [0.2, 0.25) is 18.1 Å². The van der Waals surface area contributed by atoms with Gasteiger partial charge >= 0.3 is 0 Å². The number of aliphatic hydroxyl groups excluding tert-OH is 1. The maximum Gasteiger partial charge on any atom is 0.192 e. The molecule has 0 aromatic heterocycles. The third kappa shape index (κ3) is 5.34. The molecule has 1 aliphatic heterocycles. The van der Waals surface area contributed by atoms with Gasteiger partial charge in [0.15, 0.2) is 31.7 Å². The Labute approximate surface area is 230 Å². The first-order chi connectivity index (χ1) is 16.1. The van der Waals surface area contributed by atoms with Crippen LogP contribution in [0.4, 0.5) is 0 Å². The first-order valence-electron chi connectivity index (χ1n) is 10.8. The smallest absolute Gasteiger partial charge is 0.192 e. The van der Waals surface area contributed by atoms with Crippen LogP contribution in [0.25, 0.3) is 0 Å². The Balaban J connectivity index is 2.32. The number of ether oxygens (including phenoxy) is 2. The average Bonchev–Trinajstić information content (AvgIpc) is 2.76. The number of phenolic OH excluding ortho intramolecular Hbond substituents is 4. The Hall–Kier alpha value is -1.02. The lowest BCUT2D eigenvalue weighted by Gasteiger charge is -2.46. The van der Waals surface area contributed by atoms with Crippen molar-refractivity contribution in [2.75, 3.05) is 13.2 Å². The summed E-state index contributed by atoms with van der Waals surface area (Å²) in [6, 6.07) is 2.72. The van der Waals surface area contributed by atoms with Crippen LogP contribution in [0.15, 0.2) is 25.6 Å². The number of fused-ring (bicyclic) bond motifs is 1. The van der Waals surface area contributed by atoms with E-state index in [1.54, 1.807) is 0 Å². The number of hydrogen-bond donors (Lipinski definition) is 5. The molecule has 0 amide bonds. The van der Waals surface area contributed by atoms with Crippen LogP contribution in [0.3, 0.4) is 0 Å². The highest BCUT2D eigenvalue weighted by Crippen LogP contribution is 2.58. The monoisotopic (exact) mass is 698 g/mol. The molecule has 5 N–H and O–H groups in total. The summed E-state index contributed by atoms with van der Waals surface area (Å²) in [7, 11) is -2.47. The third-order valence-corrected chi connectivity index (χ3v) is 13.1. The molecule has 8 nitrogen and oxygen atoms in total. The van der Waals surface area contributed by atoms with Gasteiger partial charge in [-0.25, -0.2) is 0 Å². The summed E-state index contributed by atoms with van der Waals surface area (Å²) < 4.78 is 19.9. The molecular formula is C23H29Br3O8Si. The standard InChI is InChI=1S/C23H29Br3O8Si/c1-23(2,3)35(4,5)34-22-19(10-8-12(28)13(29)9-11(10)24)33-20-14(21(22)32-7-6-27)17(30)15(25)18(31)16(20)26/h8-9,19,21-22,27-31H,6-7H2,1-5H3. The molecule has 12 heteroatoms. The normalized spacial score (nSPS) is 20.4. The molecule has 0 saturated carbocycles. The molecule has 0 radical (unpaired) electrons. The highest BCUT2D eigenvalue weighted by atomic mass is 79.9. The van der Waals surface area contributed by atoms with Gasteiger partial charge in [0.1, 0.15) is 32.7 Å². The number of phenols is 4. The van der Waals surface area contributed by atoms with Crippen LogP contribution in [-0.4, -0.2) is 53.2 Å². The zero-order valence-corrected chi connectivity index (χ0v) is 25.7. The van der Waals surface area contributed by atoms with Crippen LogP contribution < -0.4 is 4.74 Å². The largest absolute Gasteiger partial charge is 0.506 e. The van der Waals surface area contributed by atoms with Gasteiger partial charge in [0.05, 0.1) is 18.8 Å².